The van der Waals surface area contributed by atoms with E-state index in [0.29, 0.717) is 11.4 Å². The summed E-state index contributed by atoms with van der Waals surface area (Å²) in [7, 11) is 0. The predicted octanol–water partition coefficient (Wildman–Crippen LogP) is 5.59. The molecule has 0 aliphatic heterocycles. The van der Waals surface area contributed by atoms with Crippen molar-refractivity contribution < 1.29 is 4.39 Å². The molecule has 0 amide bonds. The Morgan fingerprint density at radius 2 is 1.94 bits per heavy atom. The molecule has 0 spiro atoms. The SMILES string of the molecule is Cc1ccc2c(N[C@@H]3CCc4[nH]c5ccccc5c4C3)nc(-c3cncc(F)c3)nc2c1. The molecule has 1 atom stereocenters. The lowest BCUT2D eigenvalue weighted by molar-refractivity contribution is 0.606. The number of para-hydroxylation sites is 1. The van der Waals surface area contributed by atoms with Gasteiger partial charge in [-0.05, 0) is 61.6 Å². The number of nitrogens with one attached hydrogen (secondary N) is 2. The predicted molar refractivity (Wildman–Crippen MR) is 125 cm³/mol. The van der Waals surface area contributed by atoms with Gasteiger partial charge >= 0.3 is 0 Å². The number of hydrogen-bond donors (Lipinski definition) is 2. The van der Waals surface area contributed by atoms with Crippen LogP contribution in [0.5, 0.6) is 0 Å². The Hall–Kier alpha value is -3.80. The highest BCUT2D eigenvalue weighted by Gasteiger charge is 2.23. The van der Waals surface area contributed by atoms with E-state index in [1.54, 1.807) is 6.20 Å². The third kappa shape index (κ3) is 3.28. The molecule has 3 aromatic heterocycles. The molecule has 0 unspecified atom stereocenters. The molecule has 1 aliphatic rings. The number of nitrogens with zero attached hydrogens (tertiary/aromatic N) is 3. The van der Waals surface area contributed by atoms with E-state index in [1.165, 1.54) is 34.4 Å². The number of pyridine rings is 1. The first-order valence-electron chi connectivity index (χ1n) is 10.9. The van der Waals surface area contributed by atoms with E-state index in [4.69, 9.17) is 9.97 Å². The van der Waals surface area contributed by atoms with Crippen molar-refractivity contribution in [2.45, 2.75) is 32.2 Å². The van der Waals surface area contributed by atoms with E-state index in [2.05, 4.69) is 51.7 Å². The van der Waals surface area contributed by atoms with Crippen LogP contribution in [0.1, 0.15) is 23.2 Å². The summed E-state index contributed by atoms with van der Waals surface area (Å²) in [4.78, 5) is 17.1. The fourth-order valence-electron chi connectivity index (χ4n) is 4.70. The highest BCUT2D eigenvalue weighted by atomic mass is 19.1. The highest BCUT2D eigenvalue weighted by Crippen LogP contribution is 2.32. The third-order valence-electron chi connectivity index (χ3n) is 6.25. The minimum Gasteiger partial charge on any atom is -0.366 e. The molecule has 0 fully saturated rings. The van der Waals surface area contributed by atoms with E-state index < -0.39 is 5.82 Å². The van der Waals surface area contributed by atoms with Gasteiger partial charge in [0.15, 0.2) is 5.82 Å². The first-order valence-corrected chi connectivity index (χ1v) is 10.9. The normalized spacial score (nSPS) is 15.8. The summed E-state index contributed by atoms with van der Waals surface area (Å²) in [6.07, 6.45) is 5.71. The fraction of sp³-hybridized carbons (Fsp3) is 0.192. The zero-order valence-corrected chi connectivity index (χ0v) is 17.7. The molecule has 3 heterocycles. The smallest absolute Gasteiger partial charge is 0.163 e. The largest absolute Gasteiger partial charge is 0.366 e. The van der Waals surface area contributed by atoms with Gasteiger partial charge in [0.25, 0.3) is 0 Å². The molecular formula is C26H22FN5. The molecule has 0 saturated carbocycles. The van der Waals surface area contributed by atoms with Crippen LogP contribution in [-0.4, -0.2) is 26.0 Å². The lowest BCUT2D eigenvalue weighted by Crippen LogP contribution is -2.27. The minimum absolute atomic E-state index is 0.250. The number of fused-ring (bicyclic) bond motifs is 4. The van der Waals surface area contributed by atoms with E-state index >= 15 is 0 Å². The zero-order chi connectivity index (χ0) is 21.7. The van der Waals surface area contributed by atoms with Crippen LogP contribution in [0.3, 0.4) is 0 Å². The van der Waals surface area contributed by atoms with Crippen LogP contribution >= 0.6 is 0 Å². The molecule has 0 radical (unpaired) electrons. The van der Waals surface area contributed by atoms with Crippen LogP contribution in [0.25, 0.3) is 33.2 Å². The molecule has 0 bridgehead atoms. The van der Waals surface area contributed by atoms with Crippen molar-refractivity contribution in [3.63, 3.8) is 0 Å². The van der Waals surface area contributed by atoms with Gasteiger partial charge in [0.1, 0.15) is 11.6 Å². The van der Waals surface area contributed by atoms with Crippen molar-refractivity contribution in [1.82, 2.24) is 19.9 Å². The van der Waals surface area contributed by atoms with E-state index in [1.807, 2.05) is 13.0 Å². The molecule has 5 aromatic rings. The van der Waals surface area contributed by atoms with Crippen molar-refractivity contribution in [3.05, 3.63) is 83.6 Å². The quantitative estimate of drug-likeness (QED) is 0.397. The zero-order valence-electron chi connectivity index (χ0n) is 17.7. The maximum absolute atomic E-state index is 13.8. The summed E-state index contributed by atoms with van der Waals surface area (Å²) in [6.45, 7) is 2.04. The number of anilines is 1. The van der Waals surface area contributed by atoms with Gasteiger partial charge in [0.05, 0.1) is 11.7 Å². The number of aromatic amines is 1. The van der Waals surface area contributed by atoms with Gasteiger partial charge in [-0.2, -0.15) is 0 Å². The second kappa shape index (κ2) is 7.41. The monoisotopic (exact) mass is 423 g/mol. The highest BCUT2D eigenvalue weighted by molar-refractivity contribution is 5.91. The van der Waals surface area contributed by atoms with Gasteiger partial charge in [-0.3, -0.25) is 4.98 Å². The Balaban J connectivity index is 1.40. The average Bonchev–Trinajstić information content (AvgIpc) is 3.17. The molecular weight excluding hydrogens is 401 g/mol. The first-order chi connectivity index (χ1) is 15.6. The molecule has 32 heavy (non-hydrogen) atoms. The van der Waals surface area contributed by atoms with Gasteiger partial charge in [-0.15, -0.1) is 0 Å². The fourth-order valence-corrected chi connectivity index (χ4v) is 4.70. The van der Waals surface area contributed by atoms with Gasteiger partial charge in [-0.25, -0.2) is 14.4 Å². The number of aryl methyl sites for hydroxylation is 2. The van der Waals surface area contributed by atoms with Gasteiger partial charge in [0.2, 0.25) is 0 Å². The average molecular weight is 423 g/mol. The number of benzene rings is 2. The Kier molecular flexibility index (Phi) is 4.38. The molecule has 158 valence electrons. The second-order valence-corrected chi connectivity index (χ2v) is 8.52. The van der Waals surface area contributed by atoms with Gasteiger partial charge in [0, 0.05) is 39.8 Å². The van der Waals surface area contributed by atoms with E-state index in [-0.39, 0.29) is 6.04 Å². The summed E-state index contributed by atoms with van der Waals surface area (Å²) in [5, 5.41) is 5.95. The maximum Gasteiger partial charge on any atom is 0.163 e. The Morgan fingerprint density at radius 1 is 1.03 bits per heavy atom. The van der Waals surface area contributed by atoms with Gasteiger partial charge < -0.3 is 10.3 Å². The Bertz CT molecular complexity index is 1470. The second-order valence-electron chi connectivity index (χ2n) is 8.52. The van der Waals surface area contributed by atoms with Crippen molar-refractivity contribution in [2.24, 2.45) is 0 Å². The minimum atomic E-state index is -0.399. The van der Waals surface area contributed by atoms with Crippen LogP contribution in [0, 0.1) is 12.7 Å². The Labute approximate surface area is 184 Å². The molecule has 2 aromatic carbocycles. The summed E-state index contributed by atoms with van der Waals surface area (Å²) < 4.78 is 13.8. The van der Waals surface area contributed by atoms with Crippen LogP contribution in [0.15, 0.2) is 60.9 Å². The summed E-state index contributed by atoms with van der Waals surface area (Å²) in [6, 6.07) is 16.3. The van der Waals surface area contributed by atoms with Crippen LogP contribution in [-0.2, 0) is 12.8 Å². The number of aromatic nitrogens is 4. The Morgan fingerprint density at radius 3 is 2.84 bits per heavy atom. The summed E-state index contributed by atoms with van der Waals surface area (Å²) in [5.41, 5.74) is 6.44. The number of H-pyrrole nitrogens is 1. The van der Waals surface area contributed by atoms with Crippen molar-refractivity contribution in [1.29, 1.82) is 0 Å². The molecule has 0 saturated heterocycles. The number of hydrogen-bond acceptors (Lipinski definition) is 4. The summed E-state index contributed by atoms with van der Waals surface area (Å²) >= 11 is 0. The van der Waals surface area contributed by atoms with Crippen molar-refractivity contribution in [3.8, 4) is 11.4 Å². The maximum atomic E-state index is 13.8. The number of rotatable bonds is 3. The van der Waals surface area contributed by atoms with Crippen LogP contribution in [0.4, 0.5) is 10.2 Å². The number of halogens is 1. The molecule has 2 N–H and O–H groups in total. The lowest BCUT2D eigenvalue weighted by atomic mass is 9.91. The molecule has 1 aliphatic carbocycles. The third-order valence-corrected chi connectivity index (χ3v) is 6.25. The standard InChI is InChI=1S/C26H22FN5/c1-15-6-8-20-24(10-15)31-25(16-11-17(27)14-28-13-16)32-26(20)29-18-7-9-23-21(12-18)19-4-2-3-5-22(19)30-23/h2-6,8,10-11,13-14,18,30H,7,9,12H2,1H3,(H,29,31,32)/t18-/m1/s1. The molecule has 5 nitrogen and oxygen atoms in total. The van der Waals surface area contributed by atoms with E-state index in [9.17, 15) is 4.39 Å². The van der Waals surface area contributed by atoms with Gasteiger partial charge in [-0.1, -0.05) is 24.3 Å². The van der Waals surface area contributed by atoms with Crippen molar-refractivity contribution >= 4 is 27.6 Å². The van der Waals surface area contributed by atoms with Crippen molar-refractivity contribution in [2.75, 3.05) is 5.32 Å². The molecule has 6 rings (SSSR count). The topological polar surface area (TPSA) is 66.5 Å². The van der Waals surface area contributed by atoms with Crippen LogP contribution in [0.2, 0.25) is 0 Å². The lowest BCUT2D eigenvalue weighted by Gasteiger charge is -2.25. The summed E-state index contributed by atoms with van der Waals surface area (Å²) in [5.74, 6) is 0.854. The first kappa shape index (κ1) is 18.9. The van der Waals surface area contributed by atoms with E-state index in [0.717, 1.165) is 41.5 Å². The van der Waals surface area contributed by atoms with Crippen LogP contribution < -0.4 is 5.32 Å². The molecule has 6 heteroatoms.